The molecule has 5 nitrogen and oxygen atoms in total. The first kappa shape index (κ1) is 15.9. The van der Waals surface area contributed by atoms with E-state index in [1.165, 1.54) is 4.90 Å². The Morgan fingerprint density at radius 1 is 1.12 bits per heavy atom. The first-order valence-electron chi connectivity index (χ1n) is 7.26. The van der Waals surface area contributed by atoms with Crippen molar-refractivity contribution in [1.29, 1.82) is 0 Å². The summed E-state index contributed by atoms with van der Waals surface area (Å²) in [6.45, 7) is 0.0189. The number of anilines is 2. The molecule has 0 saturated carbocycles. The highest BCUT2D eigenvalue weighted by Gasteiger charge is 2.29. The van der Waals surface area contributed by atoms with E-state index >= 15 is 0 Å². The molecule has 3 rings (SSSR count). The molecular formula is C17H14F2N2O3. The van der Waals surface area contributed by atoms with Crippen LogP contribution in [0.5, 0.6) is 0 Å². The molecule has 1 N–H and O–H groups in total. The van der Waals surface area contributed by atoms with Crippen LogP contribution in [0.4, 0.5) is 25.0 Å². The Morgan fingerprint density at radius 3 is 2.33 bits per heavy atom. The molecule has 124 valence electrons. The van der Waals surface area contributed by atoms with Crippen LogP contribution < -0.4 is 10.2 Å². The van der Waals surface area contributed by atoms with Crippen LogP contribution >= 0.6 is 0 Å². The lowest BCUT2D eigenvalue weighted by Gasteiger charge is -2.32. The molecule has 0 bridgehead atoms. The molecular weight excluding hydrogens is 318 g/mol. The second-order valence-electron chi connectivity index (χ2n) is 5.37. The summed E-state index contributed by atoms with van der Waals surface area (Å²) in [4.78, 5) is 23.9. The summed E-state index contributed by atoms with van der Waals surface area (Å²) in [6.07, 6.45) is -0.815. The van der Waals surface area contributed by atoms with Crippen LogP contribution in [-0.4, -0.2) is 25.0 Å². The zero-order valence-corrected chi connectivity index (χ0v) is 12.6. The molecule has 24 heavy (non-hydrogen) atoms. The molecule has 1 aliphatic heterocycles. The van der Waals surface area contributed by atoms with Crippen LogP contribution in [0.25, 0.3) is 0 Å². The van der Waals surface area contributed by atoms with Gasteiger partial charge in [-0.3, -0.25) is 10.1 Å². The van der Waals surface area contributed by atoms with Gasteiger partial charge >= 0.3 is 6.09 Å². The maximum absolute atomic E-state index is 14.0. The van der Waals surface area contributed by atoms with Crippen molar-refractivity contribution in [3.63, 3.8) is 0 Å². The summed E-state index contributed by atoms with van der Waals surface area (Å²) in [5.41, 5.74) is 0.472. The average molecular weight is 332 g/mol. The number of hydrogen-bond acceptors (Lipinski definition) is 4. The first-order valence-corrected chi connectivity index (χ1v) is 7.26. The highest BCUT2D eigenvalue weighted by Crippen LogP contribution is 2.29. The van der Waals surface area contributed by atoms with E-state index in [4.69, 9.17) is 4.74 Å². The zero-order chi connectivity index (χ0) is 17.1. The highest BCUT2D eigenvalue weighted by atomic mass is 19.1. The van der Waals surface area contributed by atoms with Gasteiger partial charge in [0.25, 0.3) is 0 Å². The standard InChI is InChI=1S/C17H14F2N2O3/c18-14-6-12(7-15(19)16(14)21-8-13(22)9-21)20-17(23)24-10-11-4-2-1-3-5-11/h1-7H,8-10H2,(H,20,23). The minimum absolute atomic E-state index is 0.0142. The number of amides is 1. The molecule has 0 spiro atoms. The number of ketones is 1. The summed E-state index contributed by atoms with van der Waals surface area (Å²) >= 11 is 0. The second-order valence-corrected chi connectivity index (χ2v) is 5.37. The molecule has 1 saturated heterocycles. The van der Waals surface area contributed by atoms with E-state index in [1.54, 1.807) is 24.3 Å². The number of halogens is 2. The third-order valence-corrected chi connectivity index (χ3v) is 3.53. The number of hydrogen-bond donors (Lipinski definition) is 1. The highest BCUT2D eigenvalue weighted by molar-refractivity contribution is 5.95. The molecule has 0 aliphatic carbocycles. The van der Waals surface area contributed by atoms with Crippen molar-refractivity contribution in [1.82, 2.24) is 0 Å². The second kappa shape index (κ2) is 6.66. The Balaban J connectivity index is 1.62. The monoisotopic (exact) mass is 332 g/mol. The molecule has 0 atom stereocenters. The summed E-state index contributed by atoms with van der Waals surface area (Å²) in [5, 5.41) is 2.28. The molecule has 0 unspecified atom stereocenters. The lowest BCUT2D eigenvalue weighted by molar-refractivity contribution is -0.119. The van der Waals surface area contributed by atoms with Crippen LogP contribution in [0.3, 0.4) is 0 Å². The number of nitrogens with zero attached hydrogens (tertiary/aromatic N) is 1. The normalized spacial score (nSPS) is 13.4. The van der Waals surface area contributed by atoms with Gasteiger partial charge in [-0.1, -0.05) is 30.3 Å². The Kier molecular flexibility index (Phi) is 4.41. The largest absolute Gasteiger partial charge is 0.444 e. The Bertz CT molecular complexity index is 750. The summed E-state index contributed by atoms with van der Waals surface area (Å²) < 4.78 is 33.0. The van der Waals surface area contributed by atoms with Crippen LogP contribution in [0, 0.1) is 11.6 Å². The molecule has 0 aromatic heterocycles. The minimum atomic E-state index is -0.846. The van der Waals surface area contributed by atoms with E-state index in [1.807, 2.05) is 6.07 Å². The fourth-order valence-electron chi connectivity index (χ4n) is 2.35. The fraction of sp³-hybridized carbons (Fsp3) is 0.176. The maximum Gasteiger partial charge on any atom is 0.411 e. The molecule has 1 heterocycles. The van der Waals surface area contributed by atoms with E-state index in [-0.39, 0.29) is 36.9 Å². The van der Waals surface area contributed by atoms with Crippen molar-refractivity contribution >= 4 is 23.3 Å². The smallest absolute Gasteiger partial charge is 0.411 e. The predicted molar refractivity (Wildman–Crippen MR) is 83.8 cm³/mol. The van der Waals surface area contributed by atoms with Gasteiger partial charge in [0.2, 0.25) is 0 Å². The molecule has 1 aliphatic rings. The van der Waals surface area contributed by atoms with Gasteiger partial charge in [-0.25, -0.2) is 13.6 Å². The van der Waals surface area contributed by atoms with Gasteiger partial charge in [0.05, 0.1) is 13.1 Å². The quantitative estimate of drug-likeness (QED) is 0.935. The van der Waals surface area contributed by atoms with Gasteiger partial charge in [0, 0.05) is 5.69 Å². The topological polar surface area (TPSA) is 58.6 Å². The van der Waals surface area contributed by atoms with Crippen LogP contribution in [0.1, 0.15) is 5.56 Å². The average Bonchev–Trinajstić information content (AvgIpc) is 2.51. The van der Waals surface area contributed by atoms with E-state index < -0.39 is 17.7 Å². The van der Waals surface area contributed by atoms with Crippen molar-refractivity contribution in [2.45, 2.75) is 6.61 Å². The van der Waals surface area contributed by atoms with Crippen molar-refractivity contribution in [3.05, 3.63) is 59.7 Å². The molecule has 2 aromatic carbocycles. The number of nitrogens with one attached hydrogen (secondary N) is 1. The molecule has 0 radical (unpaired) electrons. The van der Waals surface area contributed by atoms with Gasteiger partial charge < -0.3 is 9.64 Å². The summed E-state index contributed by atoms with van der Waals surface area (Å²) in [6, 6.07) is 11.0. The molecule has 7 heteroatoms. The first-order chi connectivity index (χ1) is 11.5. The number of ether oxygens (including phenoxy) is 1. The number of benzene rings is 2. The van der Waals surface area contributed by atoms with E-state index in [2.05, 4.69) is 5.32 Å². The van der Waals surface area contributed by atoms with Crippen LogP contribution in [-0.2, 0) is 16.1 Å². The van der Waals surface area contributed by atoms with Gasteiger partial charge in [0.1, 0.15) is 12.3 Å². The SMILES string of the molecule is O=C1CN(c2c(F)cc(NC(=O)OCc3ccccc3)cc2F)C1. The van der Waals surface area contributed by atoms with E-state index in [0.717, 1.165) is 17.7 Å². The number of carbonyl (C=O) groups excluding carboxylic acids is 2. The lowest BCUT2D eigenvalue weighted by atomic mass is 10.1. The molecule has 1 amide bonds. The number of carbonyl (C=O) groups is 2. The molecule has 2 aromatic rings. The third kappa shape index (κ3) is 3.51. The van der Waals surface area contributed by atoms with Crippen molar-refractivity contribution in [2.24, 2.45) is 0 Å². The van der Waals surface area contributed by atoms with Gasteiger partial charge in [-0.05, 0) is 17.7 Å². The minimum Gasteiger partial charge on any atom is -0.444 e. The Morgan fingerprint density at radius 2 is 1.75 bits per heavy atom. The van der Waals surface area contributed by atoms with Gasteiger partial charge in [-0.2, -0.15) is 0 Å². The Labute approximate surface area is 136 Å². The van der Waals surface area contributed by atoms with Crippen molar-refractivity contribution in [2.75, 3.05) is 23.3 Å². The third-order valence-electron chi connectivity index (χ3n) is 3.53. The van der Waals surface area contributed by atoms with E-state index in [0.29, 0.717) is 0 Å². The summed E-state index contributed by atoms with van der Waals surface area (Å²) in [7, 11) is 0. The van der Waals surface area contributed by atoms with Crippen LogP contribution in [0.2, 0.25) is 0 Å². The molecule has 1 fully saturated rings. The van der Waals surface area contributed by atoms with Crippen LogP contribution in [0.15, 0.2) is 42.5 Å². The number of Topliss-reactive ketones (excluding diaryl/α,β-unsaturated/α-hetero) is 1. The van der Waals surface area contributed by atoms with Crippen molar-refractivity contribution < 1.29 is 23.1 Å². The summed E-state index contributed by atoms with van der Waals surface area (Å²) in [5.74, 6) is -1.78. The fourth-order valence-corrected chi connectivity index (χ4v) is 2.35. The van der Waals surface area contributed by atoms with Gasteiger partial charge in [-0.15, -0.1) is 0 Å². The predicted octanol–water partition coefficient (Wildman–Crippen LogP) is 3.10. The Hall–Kier alpha value is -2.96. The number of rotatable bonds is 4. The lowest BCUT2D eigenvalue weighted by Crippen LogP contribution is -2.48. The van der Waals surface area contributed by atoms with E-state index in [9.17, 15) is 18.4 Å². The van der Waals surface area contributed by atoms with Gasteiger partial charge in [0.15, 0.2) is 17.4 Å². The van der Waals surface area contributed by atoms with Crippen molar-refractivity contribution in [3.8, 4) is 0 Å². The zero-order valence-electron chi connectivity index (χ0n) is 12.6. The maximum atomic E-state index is 14.0.